The third kappa shape index (κ3) is 4.45. The molecule has 3 heterocycles. The largest absolute Gasteiger partial charge is 0.415 e. The van der Waals surface area contributed by atoms with Gasteiger partial charge in [0, 0.05) is 41.7 Å². The van der Waals surface area contributed by atoms with Crippen LogP contribution >= 0.6 is 0 Å². The summed E-state index contributed by atoms with van der Waals surface area (Å²) in [6.45, 7) is 6.67. The zero-order valence-electron chi connectivity index (χ0n) is 18.7. The summed E-state index contributed by atoms with van der Waals surface area (Å²) in [5.74, 6) is -0.978. The van der Waals surface area contributed by atoms with Gasteiger partial charge in [0.05, 0.1) is 12.7 Å². The van der Waals surface area contributed by atoms with Gasteiger partial charge in [-0.2, -0.15) is 8.78 Å². The molecule has 0 radical (unpaired) electrons. The highest BCUT2D eigenvalue weighted by atomic mass is 19.3. The van der Waals surface area contributed by atoms with Crippen LogP contribution in [0.4, 0.5) is 13.2 Å². The molecule has 2 aromatic heterocycles. The van der Waals surface area contributed by atoms with Gasteiger partial charge in [0.1, 0.15) is 11.5 Å². The van der Waals surface area contributed by atoms with E-state index in [0.717, 1.165) is 18.7 Å². The highest BCUT2D eigenvalue weighted by Crippen LogP contribution is 2.31. The lowest BCUT2D eigenvalue weighted by Crippen LogP contribution is -2.48. The van der Waals surface area contributed by atoms with Crippen molar-refractivity contribution >= 4 is 0 Å². The van der Waals surface area contributed by atoms with Crippen molar-refractivity contribution in [3.8, 4) is 22.7 Å². The van der Waals surface area contributed by atoms with Gasteiger partial charge >= 0.3 is 6.43 Å². The van der Waals surface area contributed by atoms with Crippen molar-refractivity contribution in [2.24, 2.45) is 0 Å². The predicted molar refractivity (Wildman–Crippen MR) is 119 cm³/mol. The summed E-state index contributed by atoms with van der Waals surface area (Å²) >= 11 is 0. The summed E-state index contributed by atoms with van der Waals surface area (Å²) in [7, 11) is 0. The van der Waals surface area contributed by atoms with Crippen molar-refractivity contribution in [3.63, 3.8) is 0 Å². The van der Waals surface area contributed by atoms with Crippen LogP contribution in [-0.2, 0) is 6.54 Å². The molecule has 0 aliphatic carbocycles. The molecular formula is C24H23F3N6O. The van der Waals surface area contributed by atoms with E-state index in [2.05, 4.69) is 51.4 Å². The monoisotopic (exact) mass is 468 g/mol. The number of nitrogens with zero attached hydrogens (tertiary/aromatic N) is 6. The van der Waals surface area contributed by atoms with E-state index in [-0.39, 0.29) is 18.0 Å². The average molecular weight is 468 g/mol. The maximum absolute atomic E-state index is 14.7. The summed E-state index contributed by atoms with van der Waals surface area (Å²) in [5.41, 5.74) is 3.55. The van der Waals surface area contributed by atoms with Crippen LogP contribution in [0.5, 0.6) is 0 Å². The van der Waals surface area contributed by atoms with Crippen LogP contribution in [0.1, 0.15) is 43.2 Å². The van der Waals surface area contributed by atoms with Crippen molar-refractivity contribution in [1.82, 2.24) is 30.1 Å². The lowest BCUT2D eigenvalue weighted by Gasteiger charge is -2.42. The number of hydrogen-bond donors (Lipinski definition) is 0. The fraction of sp³-hybridized carbons (Fsp3) is 0.333. The van der Waals surface area contributed by atoms with E-state index in [1.165, 1.54) is 17.7 Å². The topological polar surface area (TPSA) is 72.9 Å². The highest BCUT2D eigenvalue weighted by molar-refractivity contribution is 5.59. The second-order valence-corrected chi connectivity index (χ2v) is 8.72. The SMILES string of the molecule is CC(C)N1CC(c2cccc(-c3cn(Cc4ccc(-c5nnc(C(F)F)o5)cc4F)nn3)c2)C1. The zero-order valence-corrected chi connectivity index (χ0v) is 18.7. The Hall–Kier alpha value is -3.53. The summed E-state index contributed by atoms with van der Waals surface area (Å²) in [6, 6.07) is 13.1. The molecule has 0 amide bonds. The number of alkyl halides is 2. The van der Waals surface area contributed by atoms with Gasteiger partial charge in [0.2, 0.25) is 5.89 Å². The molecule has 7 nitrogen and oxygen atoms in total. The smallest absolute Gasteiger partial charge is 0.314 e. The van der Waals surface area contributed by atoms with Crippen LogP contribution in [-0.4, -0.2) is 49.2 Å². The molecular weight excluding hydrogens is 445 g/mol. The summed E-state index contributed by atoms with van der Waals surface area (Å²) in [5, 5.41) is 15.2. The van der Waals surface area contributed by atoms with Gasteiger partial charge < -0.3 is 4.42 Å². The standard InChI is InChI=1S/C24H23F3N6O/c1-14(2)32-10-19(11-32)15-4-3-5-16(8-15)21-13-33(31-28-21)12-18-7-6-17(9-20(18)25)23-29-30-24(34-23)22(26)27/h3-9,13-14,19,22H,10-12H2,1-2H3. The first-order chi connectivity index (χ1) is 16.4. The van der Waals surface area contributed by atoms with Gasteiger partial charge in [-0.1, -0.05) is 29.5 Å². The number of halogens is 3. The zero-order chi connectivity index (χ0) is 23.8. The first-order valence-corrected chi connectivity index (χ1v) is 11.0. The van der Waals surface area contributed by atoms with Gasteiger partial charge in [-0.05, 0) is 37.6 Å². The minimum Gasteiger partial charge on any atom is -0.415 e. The van der Waals surface area contributed by atoms with Crippen molar-refractivity contribution < 1.29 is 17.6 Å². The van der Waals surface area contributed by atoms with Crippen molar-refractivity contribution in [2.45, 2.75) is 38.8 Å². The fourth-order valence-electron chi connectivity index (χ4n) is 4.03. The van der Waals surface area contributed by atoms with Gasteiger partial charge in [0.25, 0.3) is 5.89 Å². The molecule has 0 atom stereocenters. The van der Waals surface area contributed by atoms with Crippen LogP contribution in [0.2, 0.25) is 0 Å². The first-order valence-electron chi connectivity index (χ1n) is 11.0. The minimum absolute atomic E-state index is 0.161. The Bertz CT molecular complexity index is 1300. The number of hydrogen-bond acceptors (Lipinski definition) is 6. The molecule has 10 heteroatoms. The molecule has 0 N–H and O–H groups in total. The number of benzene rings is 2. The van der Waals surface area contributed by atoms with E-state index >= 15 is 0 Å². The van der Waals surface area contributed by atoms with Crippen molar-refractivity contribution in [3.05, 3.63) is 71.5 Å². The van der Waals surface area contributed by atoms with Crippen molar-refractivity contribution in [2.75, 3.05) is 13.1 Å². The third-order valence-electron chi connectivity index (χ3n) is 6.09. The molecule has 0 spiro atoms. The molecule has 34 heavy (non-hydrogen) atoms. The summed E-state index contributed by atoms with van der Waals surface area (Å²) in [4.78, 5) is 2.43. The normalized spacial score (nSPS) is 14.8. The molecule has 4 aromatic rings. The Morgan fingerprint density at radius 1 is 1.03 bits per heavy atom. The molecule has 0 bridgehead atoms. The molecule has 176 valence electrons. The Morgan fingerprint density at radius 2 is 1.85 bits per heavy atom. The van der Waals surface area contributed by atoms with Crippen molar-refractivity contribution in [1.29, 1.82) is 0 Å². The van der Waals surface area contributed by atoms with Gasteiger partial charge in [-0.25, -0.2) is 9.07 Å². The molecule has 1 aliphatic rings. The van der Waals surface area contributed by atoms with E-state index in [1.54, 1.807) is 16.9 Å². The second kappa shape index (κ2) is 9.02. The molecule has 1 aliphatic heterocycles. The van der Waals surface area contributed by atoms with Crippen LogP contribution in [0.15, 0.2) is 53.1 Å². The highest BCUT2D eigenvalue weighted by Gasteiger charge is 2.29. The van der Waals surface area contributed by atoms with Gasteiger partial charge in [0.15, 0.2) is 0 Å². The number of rotatable bonds is 7. The van der Waals surface area contributed by atoms with E-state index in [0.29, 0.717) is 23.2 Å². The van der Waals surface area contributed by atoms with E-state index < -0.39 is 18.1 Å². The Morgan fingerprint density at radius 3 is 2.56 bits per heavy atom. The van der Waals surface area contributed by atoms with Crippen LogP contribution in [0, 0.1) is 5.82 Å². The first kappa shape index (κ1) is 22.3. The Labute approximate surface area is 194 Å². The van der Waals surface area contributed by atoms with E-state index in [4.69, 9.17) is 4.42 Å². The molecule has 1 fully saturated rings. The second-order valence-electron chi connectivity index (χ2n) is 8.72. The number of aromatic nitrogens is 5. The molecule has 0 saturated carbocycles. The van der Waals surface area contributed by atoms with E-state index in [1.807, 2.05) is 12.1 Å². The lowest BCUT2D eigenvalue weighted by atomic mass is 9.89. The molecule has 2 aromatic carbocycles. The minimum atomic E-state index is -2.88. The quantitative estimate of drug-likeness (QED) is 0.383. The lowest BCUT2D eigenvalue weighted by molar-refractivity contribution is 0.110. The molecule has 5 rings (SSSR count). The van der Waals surface area contributed by atoms with Crippen LogP contribution < -0.4 is 0 Å². The third-order valence-corrected chi connectivity index (χ3v) is 6.09. The van der Waals surface area contributed by atoms with E-state index in [9.17, 15) is 13.2 Å². The van der Waals surface area contributed by atoms with Crippen LogP contribution in [0.3, 0.4) is 0 Å². The van der Waals surface area contributed by atoms with Gasteiger partial charge in [-0.3, -0.25) is 4.90 Å². The Balaban J connectivity index is 1.29. The number of likely N-dealkylation sites (tertiary alicyclic amines) is 1. The molecule has 0 unspecified atom stereocenters. The van der Waals surface area contributed by atoms with Crippen LogP contribution in [0.25, 0.3) is 22.7 Å². The average Bonchev–Trinajstić information content (AvgIpc) is 3.44. The summed E-state index contributed by atoms with van der Waals surface area (Å²) in [6.07, 6.45) is -1.10. The Kier molecular flexibility index (Phi) is 5.91. The molecule has 1 saturated heterocycles. The maximum Gasteiger partial charge on any atom is 0.314 e. The predicted octanol–water partition coefficient (Wildman–Crippen LogP) is 4.93. The fourth-order valence-corrected chi connectivity index (χ4v) is 4.03. The summed E-state index contributed by atoms with van der Waals surface area (Å²) < 4.78 is 46.4. The van der Waals surface area contributed by atoms with Gasteiger partial charge in [-0.15, -0.1) is 15.3 Å². The maximum atomic E-state index is 14.7.